The van der Waals surface area contributed by atoms with Gasteiger partial charge >= 0.3 is 0 Å². The van der Waals surface area contributed by atoms with Gasteiger partial charge < -0.3 is 5.32 Å². The van der Waals surface area contributed by atoms with Gasteiger partial charge in [0.25, 0.3) is 0 Å². The normalized spacial score (nSPS) is 20.9. The van der Waals surface area contributed by atoms with Crippen molar-refractivity contribution in [3.63, 3.8) is 0 Å². The van der Waals surface area contributed by atoms with Crippen LogP contribution in [0.15, 0.2) is 30.3 Å². The number of rotatable bonds is 5. The van der Waals surface area contributed by atoms with E-state index in [1.807, 2.05) is 44.2 Å². The Hall–Kier alpha value is -1.68. The van der Waals surface area contributed by atoms with Crippen LogP contribution in [0.25, 0.3) is 0 Å². The highest BCUT2D eigenvalue weighted by molar-refractivity contribution is 6.05. The molecular weight excluding hydrogens is 240 g/mol. The molecule has 1 heterocycles. The van der Waals surface area contributed by atoms with E-state index in [1.54, 1.807) is 0 Å². The van der Waals surface area contributed by atoms with Gasteiger partial charge in [0.05, 0.1) is 12.5 Å². The second-order valence-electron chi connectivity index (χ2n) is 4.98. The molecule has 102 valence electrons. The number of hydrogen-bond donors (Lipinski definition) is 1. The molecule has 0 aliphatic carbocycles. The number of amides is 2. The summed E-state index contributed by atoms with van der Waals surface area (Å²) in [5.74, 6) is -0.153. The van der Waals surface area contributed by atoms with Crippen molar-refractivity contribution in [3.8, 4) is 0 Å². The lowest BCUT2D eigenvalue weighted by Gasteiger charge is -2.21. The van der Waals surface area contributed by atoms with Crippen molar-refractivity contribution >= 4 is 11.8 Å². The fraction of sp³-hybridized carbons (Fsp3) is 0.467. The van der Waals surface area contributed by atoms with Gasteiger partial charge in [0.15, 0.2) is 0 Å². The van der Waals surface area contributed by atoms with E-state index in [-0.39, 0.29) is 30.3 Å². The lowest BCUT2D eigenvalue weighted by molar-refractivity contribution is -0.141. The predicted molar refractivity (Wildman–Crippen MR) is 73.3 cm³/mol. The maximum atomic E-state index is 12.2. The summed E-state index contributed by atoms with van der Waals surface area (Å²) >= 11 is 0. The lowest BCUT2D eigenvalue weighted by atomic mass is 10.2. The van der Waals surface area contributed by atoms with Gasteiger partial charge in [0.2, 0.25) is 11.8 Å². The Labute approximate surface area is 113 Å². The largest absolute Gasteiger partial charge is 0.301 e. The highest BCUT2D eigenvalue weighted by Gasteiger charge is 2.40. The first-order valence-electron chi connectivity index (χ1n) is 6.76. The number of benzene rings is 1. The summed E-state index contributed by atoms with van der Waals surface area (Å²) in [6.45, 7) is 4.50. The third kappa shape index (κ3) is 3.01. The van der Waals surface area contributed by atoms with Crippen LogP contribution in [0.5, 0.6) is 0 Å². The quantitative estimate of drug-likeness (QED) is 0.820. The molecule has 4 heteroatoms. The van der Waals surface area contributed by atoms with Crippen LogP contribution in [0.2, 0.25) is 0 Å². The first kappa shape index (κ1) is 13.7. The van der Waals surface area contributed by atoms with Gasteiger partial charge in [0.1, 0.15) is 0 Å². The van der Waals surface area contributed by atoms with Crippen molar-refractivity contribution in [1.82, 2.24) is 10.2 Å². The minimum atomic E-state index is -0.373. The molecule has 2 amide bonds. The third-order valence-corrected chi connectivity index (χ3v) is 3.61. The molecule has 2 unspecified atom stereocenters. The summed E-state index contributed by atoms with van der Waals surface area (Å²) in [6, 6.07) is 9.50. The SMILES string of the molecule is CCC(C)N1C(=O)CC(NCc2ccccc2)C1=O. The van der Waals surface area contributed by atoms with Crippen LogP contribution < -0.4 is 5.32 Å². The first-order chi connectivity index (χ1) is 9.13. The van der Waals surface area contributed by atoms with E-state index in [1.165, 1.54) is 4.90 Å². The van der Waals surface area contributed by atoms with Crippen LogP contribution >= 0.6 is 0 Å². The van der Waals surface area contributed by atoms with Crippen molar-refractivity contribution < 1.29 is 9.59 Å². The molecule has 0 radical (unpaired) electrons. The molecule has 2 rings (SSSR count). The number of imide groups is 1. The molecule has 1 aliphatic rings. The van der Waals surface area contributed by atoms with Crippen molar-refractivity contribution in [2.75, 3.05) is 0 Å². The van der Waals surface area contributed by atoms with Gasteiger partial charge in [-0.3, -0.25) is 14.5 Å². The molecule has 2 atom stereocenters. The molecule has 1 saturated heterocycles. The van der Waals surface area contributed by atoms with Crippen molar-refractivity contribution in [3.05, 3.63) is 35.9 Å². The molecule has 1 fully saturated rings. The van der Waals surface area contributed by atoms with Gasteiger partial charge in [-0.15, -0.1) is 0 Å². The number of nitrogens with one attached hydrogen (secondary N) is 1. The highest BCUT2D eigenvalue weighted by atomic mass is 16.2. The minimum Gasteiger partial charge on any atom is -0.301 e. The van der Waals surface area contributed by atoms with Gasteiger partial charge in [-0.05, 0) is 18.9 Å². The predicted octanol–water partition coefficient (Wildman–Crippen LogP) is 1.70. The topological polar surface area (TPSA) is 49.4 Å². The summed E-state index contributed by atoms with van der Waals surface area (Å²) in [5, 5.41) is 3.17. The van der Waals surface area contributed by atoms with E-state index in [4.69, 9.17) is 0 Å². The van der Waals surface area contributed by atoms with E-state index >= 15 is 0 Å². The average Bonchev–Trinajstić information content (AvgIpc) is 2.71. The highest BCUT2D eigenvalue weighted by Crippen LogP contribution is 2.18. The van der Waals surface area contributed by atoms with Gasteiger partial charge in [-0.2, -0.15) is 0 Å². The van der Waals surface area contributed by atoms with Crippen LogP contribution in [0, 0.1) is 0 Å². The van der Waals surface area contributed by atoms with E-state index in [0.29, 0.717) is 6.54 Å². The smallest absolute Gasteiger partial charge is 0.247 e. The van der Waals surface area contributed by atoms with Crippen molar-refractivity contribution in [1.29, 1.82) is 0 Å². The standard InChI is InChI=1S/C15H20N2O2/c1-3-11(2)17-14(18)9-13(15(17)19)16-10-12-7-5-4-6-8-12/h4-8,11,13,16H,3,9-10H2,1-2H3. The second kappa shape index (κ2) is 5.97. The molecule has 1 aliphatic heterocycles. The Bertz CT molecular complexity index is 458. The van der Waals surface area contributed by atoms with Crippen molar-refractivity contribution in [2.24, 2.45) is 0 Å². The lowest BCUT2D eigenvalue weighted by Crippen LogP contribution is -2.42. The zero-order chi connectivity index (χ0) is 13.8. The van der Waals surface area contributed by atoms with Crippen LogP contribution in [0.1, 0.15) is 32.3 Å². The van der Waals surface area contributed by atoms with Crippen LogP contribution in [0.3, 0.4) is 0 Å². The van der Waals surface area contributed by atoms with Crippen molar-refractivity contribution in [2.45, 2.75) is 45.3 Å². The Balaban J connectivity index is 1.96. The maximum Gasteiger partial charge on any atom is 0.247 e. The third-order valence-electron chi connectivity index (χ3n) is 3.61. The number of hydrogen-bond acceptors (Lipinski definition) is 3. The van der Waals surface area contributed by atoms with E-state index < -0.39 is 0 Å². The Kier molecular flexibility index (Phi) is 4.32. The zero-order valence-electron chi connectivity index (χ0n) is 11.4. The molecule has 1 aromatic carbocycles. The molecular formula is C15H20N2O2. The molecule has 4 nitrogen and oxygen atoms in total. The summed E-state index contributed by atoms with van der Waals surface area (Å²) in [6.07, 6.45) is 1.07. The monoisotopic (exact) mass is 260 g/mol. The van der Waals surface area contributed by atoms with Crippen LogP contribution in [-0.4, -0.2) is 28.8 Å². The van der Waals surface area contributed by atoms with E-state index in [2.05, 4.69) is 5.32 Å². The van der Waals surface area contributed by atoms with Gasteiger partial charge in [0, 0.05) is 12.6 Å². The van der Waals surface area contributed by atoms with Gasteiger partial charge in [-0.25, -0.2) is 0 Å². The molecule has 19 heavy (non-hydrogen) atoms. The second-order valence-corrected chi connectivity index (χ2v) is 4.98. The molecule has 1 N–H and O–H groups in total. The fourth-order valence-corrected chi connectivity index (χ4v) is 2.29. The average molecular weight is 260 g/mol. The number of carbonyl (C=O) groups is 2. The summed E-state index contributed by atoms with van der Waals surface area (Å²) < 4.78 is 0. The minimum absolute atomic E-state index is 0.0106. The van der Waals surface area contributed by atoms with Crippen LogP contribution in [-0.2, 0) is 16.1 Å². The zero-order valence-corrected chi connectivity index (χ0v) is 11.4. The Morgan fingerprint density at radius 2 is 2.00 bits per heavy atom. The van der Waals surface area contributed by atoms with Crippen LogP contribution in [0.4, 0.5) is 0 Å². The molecule has 0 bridgehead atoms. The maximum absolute atomic E-state index is 12.2. The van der Waals surface area contributed by atoms with Gasteiger partial charge in [-0.1, -0.05) is 37.3 Å². The van der Waals surface area contributed by atoms with E-state index in [9.17, 15) is 9.59 Å². The molecule has 0 aromatic heterocycles. The molecule has 0 saturated carbocycles. The number of carbonyl (C=O) groups excluding carboxylic acids is 2. The fourth-order valence-electron chi connectivity index (χ4n) is 2.29. The van der Waals surface area contributed by atoms with E-state index in [0.717, 1.165) is 12.0 Å². The molecule has 1 aromatic rings. The molecule has 0 spiro atoms. The summed E-state index contributed by atoms with van der Waals surface area (Å²) in [4.78, 5) is 25.5. The number of nitrogens with zero attached hydrogens (tertiary/aromatic N) is 1. The Morgan fingerprint density at radius 1 is 1.32 bits per heavy atom. The Morgan fingerprint density at radius 3 is 2.63 bits per heavy atom. The first-order valence-corrected chi connectivity index (χ1v) is 6.76. The summed E-state index contributed by atoms with van der Waals surface area (Å²) in [7, 11) is 0. The summed E-state index contributed by atoms with van der Waals surface area (Å²) in [5.41, 5.74) is 1.12. The number of likely N-dealkylation sites (tertiary alicyclic amines) is 1.